The summed E-state index contributed by atoms with van der Waals surface area (Å²) in [5.41, 5.74) is 1.11. The van der Waals surface area contributed by atoms with Crippen LogP contribution in [0.25, 0.3) is 0 Å². The van der Waals surface area contributed by atoms with Gasteiger partial charge < -0.3 is 15.5 Å². The SMILES string of the molecule is C=C(C)CNC(=S)NC1CCN(C2CC2)CC1. The van der Waals surface area contributed by atoms with Crippen molar-refractivity contribution >= 4 is 17.3 Å². The first kappa shape index (κ1) is 12.8. The highest BCUT2D eigenvalue weighted by Gasteiger charge is 2.31. The maximum absolute atomic E-state index is 5.27. The second-order valence-corrected chi connectivity index (χ2v) is 5.73. The summed E-state index contributed by atoms with van der Waals surface area (Å²) in [5, 5.41) is 7.37. The Morgan fingerprint density at radius 3 is 2.47 bits per heavy atom. The highest BCUT2D eigenvalue weighted by atomic mass is 32.1. The fourth-order valence-corrected chi connectivity index (χ4v) is 2.56. The fraction of sp³-hybridized carbons (Fsp3) is 0.769. The zero-order valence-electron chi connectivity index (χ0n) is 10.7. The molecule has 3 nitrogen and oxygen atoms in total. The Hall–Kier alpha value is -0.610. The van der Waals surface area contributed by atoms with Gasteiger partial charge in [-0.1, -0.05) is 12.2 Å². The fourth-order valence-electron chi connectivity index (χ4n) is 2.32. The van der Waals surface area contributed by atoms with Gasteiger partial charge in [0.05, 0.1) is 0 Å². The number of nitrogens with one attached hydrogen (secondary N) is 2. The molecule has 0 amide bonds. The number of piperidine rings is 1. The Morgan fingerprint density at radius 1 is 1.29 bits per heavy atom. The second kappa shape index (κ2) is 5.83. The number of hydrogen-bond acceptors (Lipinski definition) is 2. The summed E-state index contributed by atoms with van der Waals surface area (Å²) in [4.78, 5) is 2.63. The van der Waals surface area contributed by atoms with Crippen molar-refractivity contribution in [3.63, 3.8) is 0 Å². The lowest BCUT2D eigenvalue weighted by atomic mass is 10.1. The van der Waals surface area contributed by atoms with Crippen LogP contribution < -0.4 is 10.6 Å². The molecule has 1 saturated heterocycles. The first-order valence-corrected chi connectivity index (χ1v) is 6.99. The summed E-state index contributed by atoms with van der Waals surface area (Å²) in [6.07, 6.45) is 5.25. The lowest BCUT2D eigenvalue weighted by Gasteiger charge is -2.33. The van der Waals surface area contributed by atoms with Gasteiger partial charge in [-0.3, -0.25) is 0 Å². The molecule has 1 saturated carbocycles. The molecule has 1 heterocycles. The second-order valence-electron chi connectivity index (χ2n) is 5.33. The Labute approximate surface area is 110 Å². The molecule has 0 unspecified atom stereocenters. The van der Waals surface area contributed by atoms with Crippen LogP contribution in [0.1, 0.15) is 32.6 Å². The molecule has 0 spiro atoms. The van der Waals surface area contributed by atoms with Gasteiger partial charge in [-0.15, -0.1) is 0 Å². The molecule has 0 aromatic carbocycles. The largest absolute Gasteiger partial charge is 0.360 e. The molecule has 0 bridgehead atoms. The molecular formula is C13H23N3S. The minimum Gasteiger partial charge on any atom is -0.360 e. The monoisotopic (exact) mass is 253 g/mol. The van der Waals surface area contributed by atoms with E-state index < -0.39 is 0 Å². The number of hydrogen-bond donors (Lipinski definition) is 2. The Bertz CT molecular complexity index is 291. The summed E-state index contributed by atoms with van der Waals surface area (Å²) >= 11 is 5.27. The number of likely N-dealkylation sites (tertiary alicyclic amines) is 1. The molecular weight excluding hydrogens is 230 g/mol. The third-order valence-corrected chi connectivity index (χ3v) is 3.74. The van der Waals surface area contributed by atoms with Crippen LogP contribution in [0, 0.1) is 0 Å². The Balaban J connectivity index is 1.63. The maximum Gasteiger partial charge on any atom is 0.166 e. The molecule has 2 aliphatic rings. The summed E-state index contributed by atoms with van der Waals surface area (Å²) in [6.45, 7) is 9.08. The first-order valence-electron chi connectivity index (χ1n) is 6.58. The lowest BCUT2D eigenvalue weighted by molar-refractivity contribution is 0.197. The van der Waals surface area contributed by atoms with E-state index >= 15 is 0 Å². The highest BCUT2D eigenvalue weighted by Crippen LogP contribution is 2.29. The lowest BCUT2D eigenvalue weighted by Crippen LogP contribution is -2.48. The molecule has 2 N–H and O–H groups in total. The smallest absolute Gasteiger partial charge is 0.166 e. The van der Waals surface area contributed by atoms with Crippen LogP contribution in [0.3, 0.4) is 0 Å². The van der Waals surface area contributed by atoms with Crippen molar-refractivity contribution in [3.05, 3.63) is 12.2 Å². The summed E-state index contributed by atoms with van der Waals surface area (Å²) in [6, 6.07) is 1.46. The van der Waals surface area contributed by atoms with Gasteiger partial charge in [0.25, 0.3) is 0 Å². The van der Waals surface area contributed by atoms with Gasteiger partial charge in [-0.25, -0.2) is 0 Å². The molecule has 1 aliphatic carbocycles. The molecule has 0 atom stereocenters. The van der Waals surface area contributed by atoms with Crippen LogP contribution in [-0.2, 0) is 0 Å². The van der Waals surface area contributed by atoms with E-state index in [0.29, 0.717) is 6.04 Å². The van der Waals surface area contributed by atoms with Gasteiger partial charge in [0.2, 0.25) is 0 Å². The van der Waals surface area contributed by atoms with Crippen LogP contribution in [0.15, 0.2) is 12.2 Å². The van der Waals surface area contributed by atoms with E-state index in [4.69, 9.17) is 12.2 Å². The quantitative estimate of drug-likeness (QED) is 0.588. The predicted molar refractivity (Wildman–Crippen MR) is 76.2 cm³/mol. The van der Waals surface area contributed by atoms with Crippen molar-refractivity contribution in [2.75, 3.05) is 19.6 Å². The van der Waals surface area contributed by atoms with Crippen molar-refractivity contribution in [1.82, 2.24) is 15.5 Å². The topological polar surface area (TPSA) is 27.3 Å². The van der Waals surface area contributed by atoms with E-state index in [-0.39, 0.29) is 0 Å². The van der Waals surface area contributed by atoms with Gasteiger partial charge in [0.15, 0.2) is 5.11 Å². The predicted octanol–water partition coefficient (Wildman–Crippen LogP) is 1.65. The zero-order chi connectivity index (χ0) is 12.3. The molecule has 17 heavy (non-hydrogen) atoms. The number of thiocarbonyl (C=S) groups is 1. The zero-order valence-corrected chi connectivity index (χ0v) is 11.5. The van der Waals surface area contributed by atoms with E-state index in [9.17, 15) is 0 Å². The van der Waals surface area contributed by atoms with Gasteiger partial charge in [-0.05, 0) is 44.8 Å². The summed E-state index contributed by atoms with van der Waals surface area (Å²) in [7, 11) is 0. The minimum atomic E-state index is 0.551. The normalized spacial score (nSPS) is 22.2. The average Bonchev–Trinajstić information content (AvgIpc) is 3.11. The van der Waals surface area contributed by atoms with Crippen molar-refractivity contribution in [2.24, 2.45) is 0 Å². The average molecular weight is 253 g/mol. The van der Waals surface area contributed by atoms with Crippen molar-refractivity contribution in [1.29, 1.82) is 0 Å². The van der Waals surface area contributed by atoms with E-state index in [1.807, 2.05) is 6.92 Å². The molecule has 0 aromatic heterocycles. The van der Waals surface area contributed by atoms with Crippen LogP contribution in [-0.4, -0.2) is 41.7 Å². The summed E-state index contributed by atoms with van der Waals surface area (Å²) < 4.78 is 0. The van der Waals surface area contributed by atoms with Gasteiger partial charge in [0, 0.05) is 31.7 Å². The molecule has 2 rings (SSSR count). The Kier molecular flexibility index (Phi) is 4.40. The van der Waals surface area contributed by atoms with E-state index in [2.05, 4.69) is 22.1 Å². The number of rotatable bonds is 4. The van der Waals surface area contributed by atoms with Crippen LogP contribution in [0.4, 0.5) is 0 Å². The van der Waals surface area contributed by atoms with E-state index in [1.54, 1.807) is 0 Å². The summed E-state index contributed by atoms with van der Waals surface area (Å²) in [5.74, 6) is 0. The molecule has 0 aromatic rings. The van der Waals surface area contributed by atoms with Crippen LogP contribution in [0.2, 0.25) is 0 Å². The third-order valence-electron chi connectivity index (χ3n) is 3.48. The van der Waals surface area contributed by atoms with Crippen LogP contribution in [0.5, 0.6) is 0 Å². The van der Waals surface area contributed by atoms with Crippen molar-refractivity contribution in [2.45, 2.75) is 44.7 Å². The highest BCUT2D eigenvalue weighted by molar-refractivity contribution is 7.80. The van der Waals surface area contributed by atoms with Gasteiger partial charge in [-0.2, -0.15) is 0 Å². The molecule has 1 aliphatic heterocycles. The first-order chi connectivity index (χ1) is 8.15. The molecule has 0 radical (unpaired) electrons. The third kappa shape index (κ3) is 4.28. The minimum absolute atomic E-state index is 0.551. The van der Waals surface area contributed by atoms with Crippen LogP contribution >= 0.6 is 12.2 Å². The maximum atomic E-state index is 5.27. The van der Waals surface area contributed by atoms with Gasteiger partial charge in [0.1, 0.15) is 0 Å². The standard InChI is InChI=1S/C13H23N3S/c1-10(2)9-14-13(17)15-11-5-7-16(8-6-11)12-3-4-12/h11-12H,1,3-9H2,2H3,(H2,14,15,17). The Morgan fingerprint density at radius 2 is 1.94 bits per heavy atom. The van der Waals surface area contributed by atoms with E-state index in [0.717, 1.165) is 23.3 Å². The van der Waals surface area contributed by atoms with Gasteiger partial charge >= 0.3 is 0 Å². The van der Waals surface area contributed by atoms with Crippen molar-refractivity contribution < 1.29 is 0 Å². The van der Waals surface area contributed by atoms with Crippen molar-refractivity contribution in [3.8, 4) is 0 Å². The molecule has 2 fully saturated rings. The molecule has 4 heteroatoms. The van der Waals surface area contributed by atoms with E-state index in [1.165, 1.54) is 38.8 Å². The molecule has 96 valence electrons. The number of nitrogens with zero attached hydrogens (tertiary/aromatic N) is 1.